The number of nitrogens with zero attached hydrogens (tertiary/aromatic N) is 5. The number of thiazole rings is 1. The molecule has 1 saturated heterocycles. The third kappa shape index (κ3) is 3.19. The summed E-state index contributed by atoms with van der Waals surface area (Å²) in [6, 6.07) is 0.567. The van der Waals surface area contributed by atoms with Gasteiger partial charge in [-0.15, -0.1) is 11.3 Å². The minimum atomic E-state index is 0.567. The van der Waals surface area contributed by atoms with Gasteiger partial charge in [-0.1, -0.05) is 6.42 Å². The Bertz CT molecular complexity index is 507. The van der Waals surface area contributed by atoms with Crippen LogP contribution in [0.1, 0.15) is 29.1 Å². The van der Waals surface area contributed by atoms with Crippen LogP contribution in [0.25, 0.3) is 0 Å². The molecule has 6 heteroatoms. The fourth-order valence-electron chi connectivity index (χ4n) is 2.70. The van der Waals surface area contributed by atoms with Crippen molar-refractivity contribution in [3.63, 3.8) is 0 Å². The smallest absolute Gasteiger partial charge is 0.137 e. The summed E-state index contributed by atoms with van der Waals surface area (Å²) in [7, 11) is 0. The van der Waals surface area contributed by atoms with Crippen molar-refractivity contribution in [2.75, 3.05) is 6.54 Å². The van der Waals surface area contributed by atoms with E-state index in [1.807, 2.05) is 17.2 Å². The molecule has 1 atom stereocenters. The second kappa shape index (κ2) is 5.79. The first-order valence-electron chi connectivity index (χ1n) is 6.79. The van der Waals surface area contributed by atoms with Crippen LogP contribution in [0.15, 0.2) is 18.9 Å². The molecule has 0 saturated carbocycles. The molecule has 19 heavy (non-hydrogen) atoms. The Morgan fingerprint density at radius 1 is 1.42 bits per heavy atom. The fraction of sp³-hybridized carbons (Fsp3) is 0.615. The van der Waals surface area contributed by atoms with Gasteiger partial charge in [-0.05, 0) is 26.3 Å². The largest absolute Gasteiger partial charge is 0.293 e. The zero-order valence-corrected chi connectivity index (χ0v) is 12.0. The maximum atomic E-state index is 4.35. The summed E-state index contributed by atoms with van der Waals surface area (Å²) >= 11 is 1.80. The average molecular weight is 277 g/mol. The molecule has 2 aromatic heterocycles. The van der Waals surface area contributed by atoms with E-state index >= 15 is 0 Å². The summed E-state index contributed by atoms with van der Waals surface area (Å²) in [4.78, 5) is 12.3. The molecule has 0 bridgehead atoms. The van der Waals surface area contributed by atoms with Crippen LogP contribution in [0.5, 0.6) is 0 Å². The monoisotopic (exact) mass is 277 g/mol. The molecule has 0 amide bonds. The summed E-state index contributed by atoms with van der Waals surface area (Å²) < 4.78 is 1.95. The van der Waals surface area contributed by atoms with Crippen LogP contribution in [-0.4, -0.2) is 37.2 Å². The molecule has 1 aliphatic heterocycles. The number of hydrogen-bond donors (Lipinski definition) is 0. The van der Waals surface area contributed by atoms with E-state index in [1.54, 1.807) is 17.7 Å². The Kier molecular flexibility index (Phi) is 3.89. The van der Waals surface area contributed by atoms with E-state index in [1.165, 1.54) is 30.7 Å². The second-order valence-corrected chi connectivity index (χ2v) is 6.40. The molecule has 1 fully saturated rings. The lowest BCUT2D eigenvalue weighted by Gasteiger charge is -2.35. The fourth-order valence-corrected chi connectivity index (χ4v) is 3.52. The first-order valence-corrected chi connectivity index (χ1v) is 7.60. The van der Waals surface area contributed by atoms with Crippen LogP contribution in [0.3, 0.4) is 0 Å². The topological polar surface area (TPSA) is 46.8 Å². The molecule has 3 rings (SSSR count). The lowest BCUT2D eigenvalue weighted by Crippen LogP contribution is -2.41. The van der Waals surface area contributed by atoms with Gasteiger partial charge in [-0.25, -0.2) is 9.97 Å². The van der Waals surface area contributed by atoms with E-state index in [0.29, 0.717) is 6.04 Å². The first kappa shape index (κ1) is 12.7. The molecular formula is C13H19N5S. The average Bonchev–Trinajstić information content (AvgIpc) is 3.04. The molecule has 0 N–H and O–H groups in total. The van der Waals surface area contributed by atoms with Crippen LogP contribution in [-0.2, 0) is 13.1 Å². The standard InChI is InChI=1S/C13H19N5S/c1-11-15-6-13(19-11)8-17-5-3-2-4-12(17)7-18-10-14-9-16-18/h6,9-10,12H,2-5,7-8H2,1H3/t12-/m1/s1. The van der Waals surface area contributed by atoms with Crippen molar-refractivity contribution < 1.29 is 0 Å². The summed E-state index contributed by atoms with van der Waals surface area (Å²) in [5, 5.41) is 5.38. The van der Waals surface area contributed by atoms with Gasteiger partial charge in [0.15, 0.2) is 0 Å². The van der Waals surface area contributed by atoms with Gasteiger partial charge >= 0.3 is 0 Å². The summed E-state index contributed by atoms with van der Waals surface area (Å²) in [5.41, 5.74) is 0. The molecular weight excluding hydrogens is 258 g/mol. The van der Waals surface area contributed by atoms with E-state index < -0.39 is 0 Å². The SMILES string of the molecule is Cc1ncc(CN2CCCC[C@@H]2Cn2cncn2)s1. The van der Waals surface area contributed by atoms with Crippen molar-refractivity contribution in [3.8, 4) is 0 Å². The Morgan fingerprint density at radius 2 is 2.37 bits per heavy atom. The summed E-state index contributed by atoms with van der Waals surface area (Å²) in [6.45, 7) is 5.20. The highest BCUT2D eigenvalue weighted by Gasteiger charge is 2.23. The zero-order valence-electron chi connectivity index (χ0n) is 11.2. The third-order valence-electron chi connectivity index (χ3n) is 3.64. The van der Waals surface area contributed by atoms with Crippen molar-refractivity contribution in [2.45, 2.75) is 45.3 Å². The number of rotatable bonds is 4. The lowest BCUT2D eigenvalue weighted by molar-refractivity contribution is 0.123. The van der Waals surface area contributed by atoms with E-state index in [4.69, 9.17) is 0 Å². The minimum absolute atomic E-state index is 0.567. The molecule has 0 aromatic carbocycles. The van der Waals surface area contributed by atoms with Crippen molar-refractivity contribution in [3.05, 3.63) is 28.7 Å². The molecule has 0 aliphatic carbocycles. The number of likely N-dealkylation sites (tertiary alicyclic amines) is 1. The van der Waals surface area contributed by atoms with E-state index in [-0.39, 0.29) is 0 Å². The highest BCUT2D eigenvalue weighted by atomic mass is 32.1. The predicted octanol–water partition coefficient (Wildman–Crippen LogP) is 2.10. The van der Waals surface area contributed by atoms with Crippen molar-refractivity contribution in [2.24, 2.45) is 0 Å². The molecule has 102 valence electrons. The van der Waals surface area contributed by atoms with Gasteiger partial charge in [-0.3, -0.25) is 9.58 Å². The Labute approximate surface area is 117 Å². The summed E-state index contributed by atoms with van der Waals surface area (Å²) in [5.74, 6) is 0. The number of aromatic nitrogens is 4. The number of hydrogen-bond acceptors (Lipinski definition) is 5. The maximum Gasteiger partial charge on any atom is 0.137 e. The quantitative estimate of drug-likeness (QED) is 0.858. The van der Waals surface area contributed by atoms with Crippen LogP contribution < -0.4 is 0 Å². The van der Waals surface area contributed by atoms with Gasteiger partial charge in [-0.2, -0.15) is 5.10 Å². The first-order chi connectivity index (χ1) is 9.31. The lowest BCUT2D eigenvalue weighted by atomic mass is 10.0. The molecule has 1 aliphatic rings. The molecule has 0 spiro atoms. The Hall–Kier alpha value is -1.27. The zero-order chi connectivity index (χ0) is 13.1. The van der Waals surface area contributed by atoms with Crippen molar-refractivity contribution in [1.82, 2.24) is 24.6 Å². The normalized spacial score (nSPS) is 20.8. The Balaban J connectivity index is 1.66. The molecule has 3 heterocycles. The number of aryl methyl sites for hydroxylation is 1. The van der Waals surface area contributed by atoms with E-state index in [0.717, 1.165) is 18.1 Å². The third-order valence-corrected chi connectivity index (χ3v) is 4.54. The van der Waals surface area contributed by atoms with Gasteiger partial charge in [0.1, 0.15) is 12.7 Å². The maximum absolute atomic E-state index is 4.35. The highest BCUT2D eigenvalue weighted by molar-refractivity contribution is 7.11. The van der Waals surface area contributed by atoms with Gasteiger partial charge in [0.05, 0.1) is 11.6 Å². The molecule has 2 aromatic rings. The van der Waals surface area contributed by atoms with Crippen LogP contribution in [0.4, 0.5) is 0 Å². The Morgan fingerprint density at radius 3 is 3.11 bits per heavy atom. The van der Waals surface area contributed by atoms with E-state index in [9.17, 15) is 0 Å². The van der Waals surface area contributed by atoms with Crippen LogP contribution in [0.2, 0.25) is 0 Å². The molecule has 0 unspecified atom stereocenters. The van der Waals surface area contributed by atoms with Gasteiger partial charge in [0.25, 0.3) is 0 Å². The van der Waals surface area contributed by atoms with Gasteiger partial charge in [0.2, 0.25) is 0 Å². The highest BCUT2D eigenvalue weighted by Crippen LogP contribution is 2.22. The van der Waals surface area contributed by atoms with Crippen LogP contribution in [0, 0.1) is 6.92 Å². The number of piperidine rings is 1. The van der Waals surface area contributed by atoms with Gasteiger partial charge < -0.3 is 0 Å². The van der Waals surface area contributed by atoms with E-state index in [2.05, 4.69) is 26.9 Å². The van der Waals surface area contributed by atoms with Crippen LogP contribution >= 0.6 is 11.3 Å². The summed E-state index contributed by atoms with van der Waals surface area (Å²) in [6.07, 6.45) is 9.30. The predicted molar refractivity (Wildman–Crippen MR) is 74.9 cm³/mol. The van der Waals surface area contributed by atoms with Crippen molar-refractivity contribution >= 4 is 11.3 Å². The van der Waals surface area contributed by atoms with Gasteiger partial charge in [0, 0.05) is 23.7 Å². The second-order valence-electron chi connectivity index (χ2n) is 5.08. The molecule has 5 nitrogen and oxygen atoms in total. The molecule has 0 radical (unpaired) electrons. The van der Waals surface area contributed by atoms with Crippen molar-refractivity contribution in [1.29, 1.82) is 0 Å². The minimum Gasteiger partial charge on any atom is -0.293 e.